The maximum absolute atomic E-state index is 11.8. The van der Waals surface area contributed by atoms with Crippen molar-refractivity contribution >= 4 is 33.2 Å². The van der Waals surface area contributed by atoms with Gasteiger partial charge in [0.15, 0.2) is 0 Å². The molecule has 0 aliphatic rings. The van der Waals surface area contributed by atoms with Crippen LogP contribution in [0.15, 0.2) is 40.2 Å². The second-order valence-electron chi connectivity index (χ2n) is 4.45. The first kappa shape index (κ1) is 15.1. The van der Waals surface area contributed by atoms with Crippen LogP contribution in [0.25, 0.3) is 0 Å². The van der Waals surface area contributed by atoms with Crippen LogP contribution in [0.1, 0.15) is 17.4 Å². The van der Waals surface area contributed by atoms with Crippen LogP contribution in [0.3, 0.4) is 0 Å². The molecule has 0 aliphatic heterocycles. The van der Waals surface area contributed by atoms with Crippen molar-refractivity contribution < 1.29 is 9.53 Å². The largest absolute Gasteiger partial charge is 0.497 e. The number of carbonyl (C=O) groups is 1. The average molecular weight is 354 g/mol. The third kappa shape index (κ3) is 4.08. The van der Waals surface area contributed by atoms with Gasteiger partial charge in [-0.15, -0.1) is 11.3 Å². The quantitative estimate of drug-likeness (QED) is 0.810. The monoisotopic (exact) mass is 353 g/mol. The normalized spacial score (nSPS) is 10.3. The number of hydrogen-bond acceptors (Lipinski definition) is 3. The van der Waals surface area contributed by atoms with Gasteiger partial charge < -0.3 is 9.64 Å². The van der Waals surface area contributed by atoms with Crippen molar-refractivity contribution in [2.45, 2.75) is 20.0 Å². The average Bonchev–Trinajstić information content (AvgIpc) is 2.84. The maximum Gasteiger partial charge on any atom is 0.220 e. The highest BCUT2D eigenvalue weighted by Gasteiger charge is 2.11. The second-order valence-corrected chi connectivity index (χ2v) is 6.37. The number of nitrogens with zero attached hydrogens (tertiary/aromatic N) is 1. The van der Waals surface area contributed by atoms with Crippen molar-refractivity contribution in [3.63, 3.8) is 0 Å². The lowest BCUT2D eigenvalue weighted by Gasteiger charge is -2.20. The van der Waals surface area contributed by atoms with Gasteiger partial charge in [-0.3, -0.25) is 4.79 Å². The number of carbonyl (C=O) groups excluding carboxylic acids is 1. The molecule has 1 aromatic carbocycles. The number of thiophene rings is 1. The molecule has 1 heterocycles. The van der Waals surface area contributed by atoms with Gasteiger partial charge >= 0.3 is 0 Å². The van der Waals surface area contributed by atoms with Gasteiger partial charge in [0.1, 0.15) is 5.75 Å². The van der Waals surface area contributed by atoms with E-state index >= 15 is 0 Å². The van der Waals surface area contributed by atoms with E-state index in [4.69, 9.17) is 4.74 Å². The molecule has 5 heteroatoms. The zero-order chi connectivity index (χ0) is 14.5. The van der Waals surface area contributed by atoms with Gasteiger partial charge in [0, 0.05) is 28.2 Å². The molecule has 0 saturated heterocycles. The molecule has 20 heavy (non-hydrogen) atoms. The lowest BCUT2D eigenvalue weighted by molar-refractivity contribution is -0.130. The van der Waals surface area contributed by atoms with Gasteiger partial charge in [0.05, 0.1) is 13.7 Å². The van der Waals surface area contributed by atoms with Crippen LogP contribution < -0.4 is 4.74 Å². The molecule has 106 valence electrons. The Morgan fingerprint density at radius 1 is 1.30 bits per heavy atom. The van der Waals surface area contributed by atoms with Crippen LogP contribution in [-0.2, 0) is 17.9 Å². The highest BCUT2D eigenvalue weighted by Crippen LogP contribution is 2.22. The van der Waals surface area contributed by atoms with Gasteiger partial charge in [-0.2, -0.15) is 0 Å². The standard InChI is InChI=1S/C15H16BrNO2S/c1-11(18)17(9-15-7-13(16)10-20-15)8-12-3-5-14(19-2)6-4-12/h3-7,10H,8-9H2,1-2H3. The minimum Gasteiger partial charge on any atom is -0.497 e. The van der Waals surface area contributed by atoms with Crippen molar-refractivity contribution in [1.29, 1.82) is 0 Å². The summed E-state index contributed by atoms with van der Waals surface area (Å²) in [7, 11) is 1.64. The Hall–Kier alpha value is -1.33. The lowest BCUT2D eigenvalue weighted by atomic mass is 10.2. The van der Waals surface area contributed by atoms with Gasteiger partial charge in [-0.1, -0.05) is 12.1 Å². The molecular weight excluding hydrogens is 338 g/mol. The molecule has 2 rings (SSSR count). The van der Waals surface area contributed by atoms with Crippen molar-refractivity contribution in [3.8, 4) is 5.75 Å². The van der Waals surface area contributed by atoms with Crippen LogP contribution in [0.2, 0.25) is 0 Å². The number of amides is 1. The Morgan fingerprint density at radius 3 is 2.50 bits per heavy atom. The third-order valence-corrected chi connectivity index (χ3v) is 4.63. The third-order valence-electron chi connectivity index (χ3n) is 2.95. The Bertz CT molecular complexity index is 580. The molecular formula is C15H16BrNO2S. The van der Waals surface area contributed by atoms with Crippen LogP contribution in [0.4, 0.5) is 0 Å². The predicted molar refractivity (Wildman–Crippen MR) is 84.9 cm³/mol. The first-order chi connectivity index (χ1) is 9.58. The topological polar surface area (TPSA) is 29.5 Å². The second kappa shape index (κ2) is 6.90. The summed E-state index contributed by atoms with van der Waals surface area (Å²) in [5, 5.41) is 2.03. The Labute approximate surface area is 131 Å². The molecule has 0 bridgehead atoms. The van der Waals surface area contributed by atoms with Crippen molar-refractivity contribution in [1.82, 2.24) is 4.90 Å². The molecule has 1 amide bonds. The summed E-state index contributed by atoms with van der Waals surface area (Å²) in [4.78, 5) is 14.8. The molecule has 0 radical (unpaired) electrons. The van der Waals surface area contributed by atoms with E-state index in [1.807, 2.05) is 34.5 Å². The summed E-state index contributed by atoms with van der Waals surface area (Å²) < 4.78 is 6.20. The van der Waals surface area contributed by atoms with Crippen molar-refractivity contribution in [2.75, 3.05) is 7.11 Å². The van der Waals surface area contributed by atoms with E-state index in [-0.39, 0.29) is 5.91 Å². The van der Waals surface area contributed by atoms with Gasteiger partial charge in [-0.05, 0) is 39.7 Å². The lowest BCUT2D eigenvalue weighted by Crippen LogP contribution is -2.27. The maximum atomic E-state index is 11.8. The first-order valence-corrected chi connectivity index (χ1v) is 7.87. The smallest absolute Gasteiger partial charge is 0.220 e. The minimum absolute atomic E-state index is 0.0744. The van der Waals surface area contributed by atoms with Crippen LogP contribution in [0, 0.1) is 0 Å². The number of halogens is 1. The fourth-order valence-electron chi connectivity index (χ4n) is 1.85. The molecule has 0 unspecified atom stereocenters. The number of methoxy groups -OCH3 is 1. The van der Waals surface area contributed by atoms with Crippen molar-refractivity contribution in [2.24, 2.45) is 0 Å². The number of rotatable bonds is 5. The minimum atomic E-state index is 0.0744. The predicted octanol–water partition coefficient (Wildman–Crippen LogP) is 4.07. The molecule has 0 saturated carbocycles. The molecule has 0 spiro atoms. The van der Waals surface area contributed by atoms with Crippen LogP contribution in [0.5, 0.6) is 5.75 Å². The fourth-order valence-corrected chi connectivity index (χ4v) is 3.32. The molecule has 0 aliphatic carbocycles. The molecule has 2 aromatic rings. The van der Waals surface area contributed by atoms with E-state index in [1.165, 1.54) is 4.88 Å². The van der Waals surface area contributed by atoms with E-state index in [0.717, 1.165) is 15.8 Å². The molecule has 0 N–H and O–H groups in total. The summed E-state index contributed by atoms with van der Waals surface area (Å²) in [5.41, 5.74) is 1.09. The van der Waals surface area contributed by atoms with E-state index in [9.17, 15) is 4.79 Å². The SMILES string of the molecule is COc1ccc(CN(Cc2cc(Br)cs2)C(C)=O)cc1. The van der Waals surface area contributed by atoms with E-state index in [2.05, 4.69) is 22.0 Å². The van der Waals surface area contributed by atoms with E-state index < -0.39 is 0 Å². The summed E-state index contributed by atoms with van der Waals surface area (Å²) in [6.07, 6.45) is 0. The summed E-state index contributed by atoms with van der Waals surface area (Å²) in [5.74, 6) is 0.899. The van der Waals surface area contributed by atoms with E-state index in [1.54, 1.807) is 25.4 Å². The van der Waals surface area contributed by atoms with Gasteiger partial charge in [0.25, 0.3) is 0 Å². The summed E-state index contributed by atoms with van der Waals surface area (Å²) in [6.45, 7) is 2.85. The van der Waals surface area contributed by atoms with Gasteiger partial charge in [-0.25, -0.2) is 0 Å². The van der Waals surface area contributed by atoms with Gasteiger partial charge in [0.2, 0.25) is 5.91 Å². The summed E-state index contributed by atoms with van der Waals surface area (Å²) in [6, 6.07) is 9.84. The molecule has 0 fully saturated rings. The molecule has 0 atom stereocenters. The Kier molecular flexibility index (Phi) is 5.20. The summed E-state index contributed by atoms with van der Waals surface area (Å²) >= 11 is 5.09. The highest BCUT2D eigenvalue weighted by molar-refractivity contribution is 9.10. The van der Waals surface area contributed by atoms with Crippen molar-refractivity contribution in [3.05, 3.63) is 50.6 Å². The fraction of sp³-hybridized carbons (Fsp3) is 0.267. The number of hydrogen-bond donors (Lipinski definition) is 0. The van der Waals surface area contributed by atoms with Crippen LogP contribution >= 0.6 is 27.3 Å². The zero-order valence-corrected chi connectivity index (χ0v) is 13.8. The Morgan fingerprint density at radius 2 is 2.00 bits per heavy atom. The Balaban J connectivity index is 2.06. The zero-order valence-electron chi connectivity index (χ0n) is 11.4. The van der Waals surface area contributed by atoms with E-state index in [0.29, 0.717) is 13.1 Å². The molecule has 3 nitrogen and oxygen atoms in total. The molecule has 1 aromatic heterocycles. The number of ether oxygens (including phenoxy) is 1. The van der Waals surface area contributed by atoms with Crippen LogP contribution in [-0.4, -0.2) is 17.9 Å². The first-order valence-electron chi connectivity index (χ1n) is 6.20. The highest BCUT2D eigenvalue weighted by atomic mass is 79.9. The number of benzene rings is 1.